The van der Waals surface area contributed by atoms with E-state index in [4.69, 9.17) is 23.5 Å². The molecule has 0 N–H and O–H groups in total. The van der Waals surface area contributed by atoms with Crippen molar-refractivity contribution in [1.29, 1.82) is 0 Å². The maximum absolute atomic E-state index is 11.4. The molecule has 0 radical (unpaired) electrons. The predicted molar refractivity (Wildman–Crippen MR) is 74.2 cm³/mol. The van der Waals surface area contributed by atoms with Crippen LogP contribution in [0.1, 0.15) is 45.5 Å². The second-order valence-electron chi connectivity index (χ2n) is 5.08. The van der Waals surface area contributed by atoms with Crippen LogP contribution in [0.3, 0.4) is 0 Å². The fourth-order valence-corrected chi connectivity index (χ4v) is 2.25. The molecule has 10 nitrogen and oxygen atoms in total. The fourth-order valence-electron chi connectivity index (χ4n) is 2.25. The first-order valence-corrected chi connectivity index (χ1v) is 7.31. The van der Waals surface area contributed by atoms with Crippen LogP contribution in [0.25, 0.3) is 0 Å². The van der Waals surface area contributed by atoms with Gasteiger partial charge in [0.25, 0.3) is 0 Å². The zero-order chi connectivity index (χ0) is 17.9. The molecule has 10 heteroatoms. The summed E-state index contributed by atoms with van der Waals surface area (Å²) in [5, 5.41) is 3.77. The highest BCUT2D eigenvalue weighted by molar-refractivity contribution is 5.68. The van der Waals surface area contributed by atoms with Crippen LogP contribution in [0, 0.1) is 0 Å². The number of esters is 3. The van der Waals surface area contributed by atoms with Gasteiger partial charge in [0.05, 0.1) is 0 Å². The van der Waals surface area contributed by atoms with Crippen LogP contribution in [-0.4, -0.2) is 46.5 Å². The van der Waals surface area contributed by atoms with Crippen molar-refractivity contribution in [3.05, 3.63) is 11.7 Å². The summed E-state index contributed by atoms with van der Waals surface area (Å²) in [6, 6.07) is 0. The summed E-state index contributed by atoms with van der Waals surface area (Å²) in [5.74, 6) is -1.48. The summed E-state index contributed by atoms with van der Waals surface area (Å²) in [6.45, 7) is 5.35. The average molecular weight is 342 g/mol. The molecule has 1 aromatic rings. The van der Waals surface area contributed by atoms with Gasteiger partial charge in [-0.15, -0.1) is 0 Å². The standard InChI is InChI=1S/C14H18N2O8/c1-5-9-15-13(16-24-9)11-10(20-6(2)17)12(21-7(3)18)14(23-11)22-8(4)19/h10-12,14H,5H2,1-4H3/t10-,11-,12-,14-/m1/s1. The molecule has 0 saturated carbocycles. The lowest BCUT2D eigenvalue weighted by molar-refractivity contribution is -0.196. The van der Waals surface area contributed by atoms with Gasteiger partial charge < -0.3 is 23.5 Å². The molecule has 1 aliphatic rings. The van der Waals surface area contributed by atoms with Crippen LogP contribution in [0.15, 0.2) is 4.52 Å². The Labute approximate surface area is 137 Å². The third-order valence-corrected chi connectivity index (χ3v) is 3.10. The molecule has 0 aromatic carbocycles. The Bertz CT molecular complexity index is 628. The molecule has 2 heterocycles. The van der Waals surface area contributed by atoms with Gasteiger partial charge in [0.2, 0.25) is 24.1 Å². The van der Waals surface area contributed by atoms with Crippen molar-refractivity contribution in [1.82, 2.24) is 10.1 Å². The van der Waals surface area contributed by atoms with Crippen LogP contribution in [0.2, 0.25) is 0 Å². The Morgan fingerprint density at radius 2 is 1.58 bits per heavy atom. The van der Waals surface area contributed by atoms with Gasteiger partial charge in [-0.25, -0.2) is 0 Å². The van der Waals surface area contributed by atoms with E-state index < -0.39 is 42.5 Å². The quantitative estimate of drug-likeness (QED) is 0.549. The van der Waals surface area contributed by atoms with Crippen LogP contribution in [-0.2, 0) is 39.8 Å². The zero-order valence-electron chi connectivity index (χ0n) is 13.7. The van der Waals surface area contributed by atoms with Gasteiger partial charge >= 0.3 is 17.9 Å². The fraction of sp³-hybridized carbons (Fsp3) is 0.643. The van der Waals surface area contributed by atoms with Gasteiger partial charge in [0, 0.05) is 27.2 Å². The summed E-state index contributed by atoms with van der Waals surface area (Å²) in [4.78, 5) is 38.1. The lowest BCUT2D eigenvalue weighted by Crippen LogP contribution is -2.39. The van der Waals surface area contributed by atoms with Crippen molar-refractivity contribution in [2.45, 2.75) is 58.7 Å². The third kappa shape index (κ3) is 4.07. The minimum absolute atomic E-state index is 0.102. The smallest absolute Gasteiger partial charge is 0.305 e. The number of nitrogens with zero attached hydrogens (tertiary/aromatic N) is 2. The Morgan fingerprint density at radius 1 is 1.00 bits per heavy atom. The van der Waals surface area contributed by atoms with Crippen LogP contribution >= 0.6 is 0 Å². The summed E-state index contributed by atoms with van der Waals surface area (Å²) in [5.41, 5.74) is 0. The molecule has 0 unspecified atom stereocenters. The van der Waals surface area contributed by atoms with Crippen molar-refractivity contribution < 1.29 is 37.9 Å². The Hall–Kier alpha value is -2.49. The van der Waals surface area contributed by atoms with Crippen molar-refractivity contribution in [2.75, 3.05) is 0 Å². The zero-order valence-corrected chi connectivity index (χ0v) is 13.7. The van der Waals surface area contributed by atoms with E-state index in [1.807, 2.05) is 6.92 Å². The number of carbonyl (C=O) groups is 3. The highest BCUT2D eigenvalue weighted by Gasteiger charge is 2.53. The summed E-state index contributed by atoms with van der Waals surface area (Å²) < 4.78 is 25.9. The number of hydrogen-bond donors (Lipinski definition) is 0. The van der Waals surface area contributed by atoms with E-state index in [1.165, 1.54) is 20.8 Å². The first-order chi connectivity index (χ1) is 11.3. The van der Waals surface area contributed by atoms with Crippen LogP contribution in [0.5, 0.6) is 0 Å². The van der Waals surface area contributed by atoms with Gasteiger partial charge in [-0.1, -0.05) is 12.1 Å². The third-order valence-electron chi connectivity index (χ3n) is 3.10. The second kappa shape index (κ2) is 7.39. The number of hydrogen-bond acceptors (Lipinski definition) is 10. The van der Waals surface area contributed by atoms with E-state index in [1.54, 1.807) is 0 Å². The Balaban J connectivity index is 2.34. The summed E-state index contributed by atoms with van der Waals surface area (Å²) >= 11 is 0. The minimum Gasteiger partial charge on any atom is -0.455 e. The van der Waals surface area contributed by atoms with Gasteiger partial charge in [0.1, 0.15) is 0 Å². The van der Waals surface area contributed by atoms with Gasteiger partial charge in [-0.2, -0.15) is 4.98 Å². The molecule has 0 bridgehead atoms. The molecule has 132 valence electrons. The maximum Gasteiger partial charge on any atom is 0.305 e. The van der Waals surface area contributed by atoms with Gasteiger partial charge in [-0.05, 0) is 0 Å². The second-order valence-corrected chi connectivity index (χ2v) is 5.08. The van der Waals surface area contributed by atoms with Crippen LogP contribution < -0.4 is 0 Å². The molecule has 1 fully saturated rings. The summed E-state index contributed by atoms with van der Waals surface area (Å²) in [7, 11) is 0. The molecular formula is C14H18N2O8. The summed E-state index contributed by atoms with van der Waals surface area (Å²) in [6.07, 6.45) is -4.00. The number of carbonyl (C=O) groups excluding carboxylic acids is 3. The van der Waals surface area contributed by atoms with E-state index in [-0.39, 0.29) is 5.82 Å². The SMILES string of the molecule is CCc1nc([C@@H]2O[C@@H](OC(C)=O)[C@H](OC(C)=O)[C@@H]2OC(C)=O)no1. The molecule has 1 saturated heterocycles. The van der Waals surface area contributed by atoms with E-state index in [2.05, 4.69) is 10.1 Å². The molecule has 24 heavy (non-hydrogen) atoms. The van der Waals surface area contributed by atoms with E-state index in [0.29, 0.717) is 12.3 Å². The first-order valence-electron chi connectivity index (χ1n) is 7.31. The molecule has 2 rings (SSSR count). The monoisotopic (exact) mass is 342 g/mol. The molecule has 1 aliphatic heterocycles. The number of aryl methyl sites for hydroxylation is 1. The first kappa shape index (κ1) is 17.9. The number of aromatic nitrogens is 2. The molecule has 0 spiro atoms. The average Bonchev–Trinajstić information content (AvgIpc) is 3.05. The van der Waals surface area contributed by atoms with E-state index in [9.17, 15) is 14.4 Å². The van der Waals surface area contributed by atoms with E-state index in [0.717, 1.165) is 0 Å². The van der Waals surface area contributed by atoms with Gasteiger partial charge in [-0.3, -0.25) is 14.4 Å². The Morgan fingerprint density at radius 3 is 2.08 bits per heavy atom. The normalized spacial score (nSPS) is 26.0. The van der Waals surface area contributed by atoms with Crippen molar-refractivity contribution in [3.8, 4) is 0 Å². The highest BCUT2D eigenvalue weighted by atomic mass is 16.7. The molecule has 4 atom stereocenters. The minimum atomic E-state index is -1.26. The maximum atomic E-state index is 11.4. The van der Waals surface area contributed by atoms with Crippen LogP contribution in [0.4, 0.5) is 0 Å². The lowest BCUT2D eigenvalue weighted by Gasteiger charge is -2.22. The van der Waals surface area contributed by atoms with E-state index >= 15 is 0 Å². The topological polar surface area (TPSA) is 127 Å². The van der Waals surface area contributed by atoms with Crippen molar-refractivity contribution in [2.24, 2.45) is 0 Å². The number of ether oxygens (including phenoxy) is 4. The number of rotatable bonds is 5. The molecule has 1 aromatic heterocycles. The molecule has 0 aliphatic carbocycles. The largest absolute Gasteiger partial charge is 0.455 e. The molecular weight excluding hydrogens is 324 g/mol. The Kier molecular flexibility index (Phi) is 5.50. The van der Waals surface area contributed by atoms with Gasteiger partial charge in [0.15, 0.2) is 12.2 Å². The lowest BCUT2D eigenvalue weighted by atomic mass is 10.1. The predicted octanol–water partition coefficient (Wildman–Crippen LogP) is 0.456. The molecule has 0 amide bonds. The van der Waals surface area contributed by atoms with Crippen molar-refractivity contribution >= 4 is 17.9 Å². The highest BCUT2D eigenvalue weighted by Crippen LogP contribution is 2.37. The van der Waals surface area contributed by atoms with Crippen molar-refractivity contribution in [3.63, 3.8) is 0 Å².